The van der Waals surface area contributed by atoms with E-state index in [9.17, 15) is 4.79 Å². The maximum absolute atomic E-state index is 10.9. The van der Waals surface area contributed by atoms with Crippen LogP contribution in [0, 0.1) is 0 Å². The van der Waals surface area contributed by atoms with E-state index in [4.69, 9.17) is 23.2 Å². The van der Waals surface area contributed by atoms with Crippen molar-refractivity contribution in [1.82, 2.24) is 10.3 Å². The number of pyridine rings is 1. The van der Waals surface area contributed by atoms with Gasteiger partial charge in [0.1, 0.15) is 0 Å². The number of hydrogen-bond acceptors (Lipinski definition) is 2. The Balaban J connectivity index is 2.40. The zero-order valence-electron chi connectivity index (χ0n) is 6.71. The van der Waals surface area contributed by atoms with Crippen LogP contribution in [0.4, 0.5) is 0 Å². The molecule has 0 fully saturated rings. The highest BCUT2D eigenvalue weighted by Crippen LogP contribution is 2.01. The molecule has 0 saturated carbocycles. The van der Waals surface area contributed by atoms with Crippen LogP contribution in [-0.4, -0.2) is 15.7 Å². The van der Waals surface area contributed by atoms with E-state index < -0.39 is 10.7 Å². The van der Waals surface area contributed by atoms with Gasteiger partial charge in [-0.15, -0.1) is 0 Å². The highest BCUT2D eigenvalue weighted by atomic mass is 35.5. The van der Waals surface area contributed by atoms with E-state index >= 15 is 0 Å². The number of halogens is 2. The number of amides is 1. The summed E-state index contributed by atoms with van der Waals surface area (Å²) in [6.07, 6.45) is 3.33. The Morgan fingerprint density at radius 1 is 1.62 bits per heavy atom. The molecule has 0 spiro atoms. The van der Waals surface area contributed by atoms with Crippen LogP contribution in [-0.2, 0) is 11.3 Å². The maximum atomic E-state index is 10.9. The van der Waals surface area contributed by atoms with Crippen LogP contribution >= 0.6 is 23.2 Å². The molecule has 1 N–H and O–H groups in total. The van der Waals surface area contributed by atoms with Gasteiger partial charge >= 0.3 is 0 Å². The van der Waals surface area contributed by atoms with Crippen molar-refractivity contribution in [2.75, 3.05) is 0 Å². The molecule has 0 radical (unpaired) electrons. The van der Waals surface area contributed by atoms with Gasteiger partial charge in [0.05, 0.1) is 0 Å². The molecule has 0 aliphatic heterocycles. The highest BCUT2D eigenvalue weighted by molar-refractivity contribution is 6.53. The van der Waals surface area contributed by atoms with Gasteiger partial charge in [-0.1, -0.05) is 29.3 Å². The minimum absolute atomic E-state index is 0.391. The van der Waals surface area contributed by atoms with Gasteiger partial charge in [0.25, 0.3) is 5.91 Å². The second-order valence-electron chi connectivity index (χ2n) is 2.38. The lowest BCUT2D eigenvalue weighted by Gasteiger charge is -2.04. The average Bonchev–Trinajstić information content (AvgIpc) is 2.15. The number of aromatic nitrogens is 1. The van der Waals surface area contributed by atoms with E-state index in [1.54, 1.807) is 18.5 Å². The zero-order valence-corrected chi connectivity index (χ0v) is 8.22. The van der Waals surface area contributed by atoms with Gasteiger partial charge in [0.2, 0.25) is 0 Å². The smallest absolute Gasteiger partial charge is 0.253 e. The quantitative estimate of drug-likeness (QED) is 0.782. The summed E-state index contributed by atoms with van der Waals surface area (Å²) in [6, 6.07) is 3.64. The molecule has 0 bridgehead atoms. The first kappa shape index (κ1) is 10.3. The Labute approximate surface area is 86.1 Å². The standard InChI is InChI=1S/C8H8Cl2N2O/c9-7(10)8(13)12-5-6-2-1-3-11-4-6/h1-4,7H,5H2,(H,12,13). The van der Waals surface area contributed by atoms with Crippen molar-refractivity contribution >= 4 is 29.1 Å². The first-order chi connectivity index (χ1) is 6.20. The molecule has 1 heterocycles. The summed E-state index contributed by atoms with van der Waals surface area (Å²) in [5.74, 6) is -0.396. The summed E-state index contributed by atoms with van der Waals surface area (Å²) >= 11 is 10.7. The van der Waals surface area contributed by atoms with Gasteiger partial charge in [0.15, 0.2) is 4.84 Å². The topological polar surface area (TPSA) is 42.0 Å². The number of carbonyl (C=O) groups excluding carboxylic acids is 1. The lowest BCUT2D eigenvalue weighted by molar-refractivity contribution is -0.119. The van der Waals surface area contributed by atoms with Crippen LogP contribution in [0.25, 0.3) is 0 Å². The van der Waals surface area contributed by atoms with Gasteiger partial charge in [-0.05, 0) is 11.6 Å². The molecule has 0 atom stereocenters. The molecule has 0 aliphatic carbocycles. The molecule has 1 aromatic rings. The van der Waals surface area contributed by atoms with Crippen LogP contribution in [0.3, 0.4) is 0 Å². The molecule has 1 amide bonds. The minimum atomic E-state index is -1.02. The fourth-order valence-corrected chi connectivity index (χ4v) is 0.923. The lowest BCUT2D eigenvalue weighted by Crippen LogP contribution is -2.27. The van der Waals surface area contributed by atoms with Crippen molar-refractivity contribution in [2.45, 2.75) is 11.4 Å². The number of rotatable bonds is 3. The average molecular weight is 219 g/mol. The molecular weight excluding hydrogens is 211 g/mol. The Bertz CT molecular complexity index is 277. The predicted molar refractivity (Wildman–Crippen MR) is 51.6 cm³/mol. The van der Waals surface area contributed by atoms with Crippen LogP contribution in [0.1, 0.15) is 5.56 Å². The van der Waals surface area contributed by atoms with Gasteiger partial charge in [-0.2, -0.15) is 0 Å². The highest BCUT2D eigenvalue weighted by Gasteiger charge is 2.09. The largest absolute Gasteiger partial charge is 0.350 e. The summed E-state index contributed by atoms with van der Waals surface area (Å²) < 4.78 is 0. The van der Waals surface area contributed by atoms with Gasteiger partial charge in [-0.25, -0.2) is 0 Å². The third-order valence-corrected chi connectivity index (χ3v) is 1.78. The van der Waals surface area contributed by atoms with Crippen molar-refractivity contribution in [3.05, 3.63) is 30.1 Å². The fraction of sp³-hybridized carbons (Fsp3) is 0.250. The fourth-order valence-electron chi connectivity index (χ4n) is 0.769. The number of nitrogens with zero attached hydrogens (tertiary/aromatic N) is 1. The summed E-state index contributed by atoms with van der Waals surface area (Å²) in [4.78, 5) is 13.8. The van der Waals surface area contributed by atoms with Crippen molar-refractivity contribution in [2.24, 2.45) is 0 Å². The predicted octanol–water partition coefficient (Wildman–Crippen LogP) is 1.50. The van der Waals surface area contributed by atoms with E-state index in [1.165, 1.54) is 0 Å². The Morgan fingerprint density at radius 3 is 2.92 bits per heavy atom. The summed E-state index contributed by atoms with van der Waals surface area (Å²) in [6.45, 7) is 0.391. The maximum Gasteiger partial charge on any atom is 0.253 e. The molecule has 0 unspecified atom stereocenters. The van der Waals surface area contributed by atoms with E-state index in [1.807, 2.05) is 6.07 Å². The third kappa shape index (κ3) is 3.61. The normalized spacial score (nSPS) is 10.1. The Hall–Kier alpha value is -0.800. The van der Waals surface area contributed by atoms with Gasteiger partial charge < -0.3 is 5.32 Å². The number of nitrogens with one attached hydrogen (secondary N) is 1. The molecule has 0 aromatic carbocycles. The van der Waals surface area contributed by atoms with Crippen LogP contribution in [0.15, 0.2) is 24.5 Å². The monoisotopic (exact) mass is 218 g/mol. The van der Waals surface area contributed by atoms with Crippen molar-refractivity contribution in [3.8, 4) is 0 Å². The summed E-state index contributed by atoms with van der Waals surface area (Å²) in [5, 5.41) is 2.56. The second-order valence-corrected chi connectivity index (χ2v) is 3.48. The van der Waals surface area contributed by atoms with Gasteiger partial charge in [0, 0.05) is 18.9 Å². The molecule has 1 rings (SSSR count). The minimum Gasteiger partial charge on any atom is -0.350 e. The van der Waals surface area contributed by atoms with Crippen LogP contribution in [0.2, 0.25) is 0 Å². The van der Waals surface area contributed by atoms with Gasteiger partial charge in [-0.3, -0.25) is 9.78 Å². The molecule has 13 heavy (non-hydrogen) atoms. The molecule has 0 aliphatic rings. The van der Waals surface area contributed by atoms with E-state index in [0.717, 1.165) is 5.56 Å². The Kier molecular flexibility index (Phi) is 3.99. The molecule has 3 nitrogen and oxygen atoms in total. The second kappa shape index (κ2) is 5.04. The van der Waals surface area contributed by atoms with E-state index in [0.29, 0.717) is 6.54 Å². The number of carbonyl (C=O) groups is 1. The summed E-state index contributed by atoms with van der Waals surface area (Å²) in [7, 11) is 0. The molecule has 0 saturated heterocycles. The van der Waals surface area contributed by atoms with E-state index in [-0.39, 0.29) is 0 Å². The summed E-state index contributed by atoms with van der Waals surface area (Å²) in [5.41, 5.74) is 0.907. The van der Waals surface area contributed by atoms with Crippen molar-refractivity contribution < 1.29 is 4.79 Å². The Morgan fingerprint density at radius 2 is 2.38 bits per heavy atom. The zero-order chi connectivity index (χ0) is 9.68. The molecule has 1 aromatic heterocycles. The SMILES string of the molecule is O=C(NCc1cccnc1)C(Cl)Cl. The number of hydrogen-bond donors (Lipinski definition) is 1. The molecule has 5 heteroatoms. The molecule has 70 valence electrons. The van der Waals surface area contributed by atoms with Crippen LogP contribution < -0.4 is 5.32 Å². The lowest BCUT2D eigenvalue weighted by atomic mass is 10.3. The third-order valence-electron chi connectivity index (χ3n) is 1.39. The van der Waals surface area contributed by atoms with Crippen LogP contribution in [0.5, 0.6) is 0 Å². The number of alkyl halides is 2. The van der Waals surface area contributed by atoms with Crippen molar-refractivity contribution in [3.63, 3.8) is 0 Å². The van der Waals surface area contributed by atoms with E-state index in [2.05, 4.69) is 10.3 Å². The first-order valence-electron chi connectivity index (χ1n) is 3.65. The molecular formula is C8H8Cl2N2O. The first-order valence-corrected chi connectivity index (χ1v) is 4.52. The van der Waals surface area contributed by atoms with Crippen molar-refractivity contribution in [1.29, 1.82) is 0 Å².